The first-order valence-corrected chi connectivity index (χ1v) is 13.6. The van der Waals surface area contributed by atoms with Gasteiger partial charge in [-0.25, -0.2) is 14.5 Å². The SMILES string of the molecule is COc1cccc(C2c3[nH]c4ccccc4c3CC3C(=O)N(c4ccccc4C(=O)NC(CS)C(=O)O)C(=O)N32)c1. The Morgan fingerprint density at radius 1 is 1.10 bits per heavy atom. The molecule has 1 saturated heterocycles. The number of aromatic nitrogens is 1. The Bertz CT molecular complexity index is 1720. The van der Waals surface area contributed by atoms with E-state index >= 15 is 0 Å². The van der Waals surface area contributed by atoms with E-state index < -0.39 is 41.9 Å². The van der Waals surface area contributed by atoms with E-state index in [1.807, 2.05) is 48.5 Å². The summed E-state index contributed by atoms with van der Waals surface area (Å²) in [4.78, 5) is 59.0. The van der Waals surface area contributed by atoms with Crippen molar-refractivity contribution in [1.29, 1.82) is 0 Å². The highest BCUT2D eigenvalue weighted by Gasteiger charge is 2.53. The van der Waals surface area contributed by atoms with Crippen molar-refractivity contribution in [1.82, 2.24) is 15.2 Å². The number of hydrogen-bond acceptors (Lipinski definition) is 6. The summed E-state index contributed by atoms with van der Waals surface area (Å²) in [7, 11) is 1.56. The Balaban J connectivity index is 1.46. The number of hydrogen-bond donors (Lipinski definition) is 4. The quantitative estimate of drug-likeness (QED) is 0.198. The third kappa shape index (κ3) is 4.29. The van der Waals surface area contributed by atoms with Crippen LogP contribution in [0.25, 0.3) is 10.9 Å². The second-order valence-electron chi connectivity index (χ2n) is 9.89. The van der Waals surface area contributed by atoms with Gasteiger partial charge in [-0.3, -0.25) is 14.5 Å². The van der Waals surface area contributed by atoms with Gasteiger partial charge in [-0.2, -0.15) is 12.6 Å². The van der Waals surface area contributed by atoms with Gasteiger partial charge in [0.15, 0.2) is 0 Å². The predicted octanol–water partition coefficient (Wildman–Crippen LogP) is 3.77. The first kappa shape index (κ1) is 26.5. The maximum Gasteiger partial charge on any atom is 0.332 e. The van der Waals surface area contributed by atoms with Crippen LogP contribution in [0.5, 0.6) is 5.75 Å². The van der Waals surface area contributed by atoms with Gasteiger partial charge in [0.25, 0.3) is 11.8 Å². The zero-order valence-electron chi connectivity index (χ0n) is 21.9. The second kappa shape index (κ2) is 10.3. The largest absolute Gasteiger partial charge is 0.497 e. The predicted molar refractivity (Wildman–Crippen MR) is 155 cm³/mol. The number of fused-ring (bicyclic) bond motifs is 4. The molecule has 2 aliphatic rings. The number of nitrogens with one attached hydrogen (secondary N) is 2. The van der Waals surface area contributed by atoms with E-state index in [2.05, 4.69) is 22.9 Å². The molecule has 1 fully saturated rings. The lowest BCUT2D eigenvalue weighted by atomic mass is 9.89. The zero-order valence-corrected chi connectivity index (χ0v) is 22.8. The molecule has 1 aromatic heterocycles. The van der Waals surface area contributed by atoms with Gasteiger partial charge in [-0.05, 0) is 41.5 Å². The summed E-state index contributed by atoms with van der Waals surface area (Å²) in [6.07, 6.45) is 0.288. The van der Waals surface area contributed by atoms with Crippen molar-refractivity contribution >= 4 is 53.0 Å². The molecule has 3 N–H and O–H groups in total. The second-order valence-corrected chi connectivity index (χ2v) is 10.3. The smallest absolute Gasteiger partial charge is 0.332 e. The number of thiol groups is 1. The summed E-state index contributed by atoms with van der Waals surface area (Å²) in [5.41, 5.74) is 3.50. The number of carbonyl (C=O) groups excluding carboxylic acids is 3. The number of amides is 4. The van der Waals surface area contributed by atoms with Gasteiger partial charge in [0, 0.05) is 28.8 Å². The Morgan fingerprint density at radius 2 is 1.85 bits per heavy atom. The summed E-state index contributed by atoms with van der Waals surface area (Å²) >= 11 is 4.01. The molecule has 4 amide bonds. The van der Waals surface area contributed by atoms with Crippen LogP contribution in [-0.2, 0) is 16.0 Å². The Hall–Kier alpha value is -4.77. The normalized spacial score (nSPS) is 18.7. The number of ether oxygens (including phenoxy) is 1. The molecule has 3 aromatic carbocycles. The van der Waals surface area contributed by atoms with Crippen LogP contribution in [0, 0.1) is 0 Å². The molecule has 0 spiro atoms. The van der Waals surface area contributed by atoms with Gasteiger partial charge in [-0.15, -0.1) is 0 Å². The van der Waals surface area contributed by atoms with Gasteiger partial charge in [0.2, 0.25) is 0 Å². The van der Waals surface area contributed by atoms with Crippen LogP contribution in [0.2, 0.25) is 0 Å². The van der Waals surface area contributed by atoms with Crippen LogP contribution in [0.15, 0.2) is 72.8 Å². The van der Waals surface area contributed by atoms with Crippen molar-refractivity contribution in [3.8, 4) is 5.75 Å². The first-order valence-electron chi connectivity index (χ1n) is 13.0. The molecule has 6 rings (SSSR count). The standard InChI is InChI=1S/C30H26N4O6S/c1-40-17-8-6-7-16(13-17)26-25-20(18-9-2-4-11-21(18)31-25)14-24-28(36)34(30(39)33(24)26)23-12-5-3-10-19(23)27(35)32-22(15-41)29(37)38/h2-13,22,24,26,31,41H,14-15H2,1H3,(H,32,35)(H,37,38). The number of benzene rings is 3. The summed E-state index contributed by atoms with van der Waals surface area (Å²) in [5, 5.41) is 12.8. The third-order valence-corrected chi connectivity index (χ3v) is 8.00. The molecule has 2 aliphatic heterocycles. The maximum atomic E-state index is 14.2. The van der Waals surface area contributed by atoms with Crippen molar-refractivity contribution in [2.75, 3.05) is 17.8 Å². The lowest BCUT2D eigenvalue weighted by Gasteiger charge is -2.36. The molecule has 0 radical (unpaired) electrons. The molecular weight excluding hydrogens is 544 g/mol. The number of imide groups is 1. The van der Waals surface area contributed by atoms with Crippen LogP contribution in [-0.4, -0.2) is 63.8 Å². The van der Waals surface area contributed by atoms with E-state index in [1.165, 1.54) is 12.1 Å². The minimum absolute atomic E-state index is 0.00369. The number of para-hydroxylation sites is 2. The average molecular weight is 571 g/mol. The fraction of sp³-hybridized carbons (Fsp3) is 0.200. The van der Waals surface area contributed by atoms with Crippen molar-refractivity contribution in [3.63, 3.8) is 0 Å². The van der Waals surface area contributed by atoms with Crippen molar-refractivity contribution < 1.29 is 29.0 Å². The first-order chi connectivity index (χ1) is 19.8. The van der Waals surface area contributed by atoms with Crippen LogP contribution < -0.4 is 15.0 Å². The van der Waals surface area contributed by atoms with Crippen LogP contribution in [0.4, 0.5) is 10.5 Å². The Kier molecular flexibility index (Phi) is 6.66. The molecule has 4 aromatic rings. The zero-order chi connectivity index (χ0) is 28.8. The van der Waals surface area contributed by atoms with E-state index in [0.29, 0.717) is 5.75 Å². The van der Waals surface area contributed by atoms with Gasteiger partial charge in [0.1, 0.15) is 23.9 Å². The number of aliphatic carboxylic acids is 1. The van der Waals surface area contributed by atoms with E-state index in [-0.39, 0.29) is 23.4 Å². The van der Waals surface area contributed by atoms with Crippen molar-refractivity contribution in [2.24, 2.45) is 0 Å². The lowest BCUT2D eigenvalue weighted by molar-refractivity contribution is -0.138. The van der Waals surface area contributed by atoms with Gasteiger partial charge < -0.3 is 20.1 Å². The topological polar surface area (TPSA) is 132 Å². The van der Waals surface area contributed by atoms with Crippen LogP contribution in [0.3, 0.4) is 0 Å². The molecule has 3 unspecified atom stereocenters. The number of rotatable bonds is 7. The number of H-pyrrole nitrogens is 1. The summed E-state index contributed by atoms with van der Waals surface area (Å²) < 4.78 is 5.46. The number of methoxy groups -OCH3 is 1. The third-order valence-electron chi connectivity index (χ3n) is 7.63. The molecule has 3 atom stereocenters. The van der Waals surface area contributed by atoms with E-state index in [0.717, 1.165) is 32.6 Å². The van der Waals surface area contributed by atoms with Crippen molar-refractivity contribution in [2.45, 2.75) is 24.5 Å². The lowest BCUT2D eigenvalue weighted by Crippen LogP contribution is -2.44. The molecule has 41 heavy (non-hydrogen) atoms. The van der Waals surface area contributed by atoms with Crippen LogP contribution >= 0.6 is 12.6 Å². The van der Waals surface area contributed by atoms with E-state index in [4.69, 9.17) is 4.74 Å². The molecule has 0 aliphatic carbocycles. The molecule has 11 heteroatoms. The van der Waals surface area contributed by atoms with Gasteiger partial charge >= 0.3 is 12.0 Å². The Morgan fingerprint density at radius 3 is 2.61 bits per heavy atom. The highest BCUT2D eigenvalue weighted by atomic mass is 32.1. The minimum atomic E-state index is -1.24. The minimum Gasteiger partial charge on any atom is -0.497 e. The fourth-order valence-corrected chi connectivity index (χ4v) is 5.98. The van der Waals surface area contributed by atoms with E-state index in [1.54, 1.807) is 24.1 Å². The number of carboxylic acids is 1. The van der Waals surface area contributed by atoms with Gasteiger partial charge in [-0.1, -0.05) is 42.5 Å². The van der Waals surface area contributed by atoms with E-state index in [9.17, 15) is 24.3 Å². The number of carbonyl (C=O) groups is 4. The molecule has 208 valence electrons. The van der Waals surface area contributed by atoms with Gasteiger partial charge in [0.05, 0.1) is 18.4 Å². The summed E-state index contributed by atoms with van der Waals surface area (Å²) in [6.45, 7) is 0. The molecule has 3 heterocycles. The van der Waals surface area contributed by atoms with Crippen molar-refractivity contribution in [3.05, 3.63) is 95.2 Å². The van der Waals surface area contributed by atoms with Crippen LogP contribution in [0.1, 0.15) is 33.2 Å². The number of nitrogens with zero attached hydrogens (tertiary/aromatic N) is 2. The summed E-state index contributed by atoms with van der Waals surface area (Å²) in [6, 6.07) is 18.1. The number of anilines is 1. The average Bonchev–Trinajstić information content (AvgIpc) is 3.48. The molecule has 0 saturated carbocycles. The number of urea groups is 1. The molecule has 10 nitrogen and oxygen atoms in total. The Labute approximate surface area is 240 Å². The highest BCUT2D eigenvalue weighted by molar-refractivity contribution is 7.80. The maximum absolute atomic E-state index is 14.2. The number of carboxylic acid groups (broad SMARTS) is 1. The number of aromatic amines is 1. The molecule has 0 bridgehead atoms. The summed E-state index contributed by atoms with van der Waals surface area (Å²) in [5.74, 6) is -1.97. The monoisotopic (exact) mass is 570 g/mol. The highest BCUT2D eigenvalue weighted by Crippen LogP contribution is 2.45. The molecular formula is C30H26N4O6S. The fourth-order valence-electron chi connectivity index (χ4n) is 5.74.